The van der Waals surface area contributed by atoms with Gasteiger partial charge in [-0.3, -0.25) is 4.79 Å². The number of unbranched alkanes of at least 4 members (excludes halogenated alkanes) is 4. The summed E-state index contributed by atoms with van der Waals surface area (Å²) in [5.41, 5.74) is 1.83. The number of esters is 1. The molecule has 0 aliphatic rings. The molecule has 0 fully saturated rings. The first-order valence-electron chi connectivity index (χ1n) is 13.7. The first-order valence-corrected chi connectivity index (χ1v) is 13.7. The van der Waals surface area contributed by atoms with Crippen LogP contribution in [-0.4, -0.2) is 37.0 Å². The number of ether oxygens (including phenoxy) is 3. The number of benzene rings is 2. The van der Waals surface area contributed by atoms with E-state index in [2.05, 4.69) is 45.0 Å². The molecular formula is C31H46O5. The highest BCUT2D eigenvalue weighted by atomic mass is 16.5. The number of rotatable bonds is 18. The summed E-state index contributed by atoms with van der Waals surface area (Å²) in [6, 6.07) is 16.4. The van der Waals surface area contributed by atoms with Gasteiger partial charge in [0.25, 0.3) is 0 Å². The van der Waals surface area contributed by atoms with Crippen LogP contribution >= 0.6 is 0 Å². The molecule has 1 unspecified atom stereocenters. The molecule has 0 saturated heterocycles. The van der Waals surface area contributed by atoms with Crippen molar-refractivity contribution in [2.24, 2.45) is 0 Å². The molecule has 2 aromatic rings. The van der Waals surface area contributed by atoms with E-state index < -0.39 is 11.5 Å². The van der Waals surface area contributed by atoms with E-state index in [-0.39, 0.29) is 19.0 Å². The van der Waals surface area contributed by atoms with Gasteiger partial charge in [0, 0.05) is 11.8 Å². The summed E-state index contributed by atoms with van der Waals surface area (Å²) >= 11 is 0. The fraction of sp³-hybridized carbons (Fsp3) is 0.581. The third-order valence-corrected chi connectivity index (χ3v) is 6.75. The Kier molecular flexibility index (Phi) is 13.4. The molecule has 5 nitrogen and oxygen atoms in total. The molecule has 0 heterocycles. The Bertz CT molecular complexity index is 804. The SMILES string of the molecule is CCCCCOc1ccc(C(C)(CCC(=O)OCC(O)CC)c2ccc(OCCCCC)cc2)cc1. The molecule has 2 rings (SSSR count). The van der Waals surface area contributed by atoms with E-state index in [0.29, 0.717) is 12.8 Å². The second-order valence-electron chi connectivity index (χ2n) is 9.74. The van der Waals surface area contributed by atoms with Gasteiger partial charge in [0.2, 0.25) is 0 Å². The molecule has 0 saturated carbocycles. The fourth-order valence-electron chi connectivity index (χ4n) is 4.11. The van der Waals surface area contributed by atoms with Gasteiger partial charge in [0.1, 0.15) is 18.1 Å². The monoisotopic (exact) mass is 498 g/mol. The Morgan fingerprint density at radius 3 is 1.69 bits per heavy atom. The molecule has 1 N–H and O–H groups in total. The van der Waals surface area contributed by atoms with Crippen molar-refractivity contribution in [1.29, 1.82) is 0 Å². The van der Waals surface area contributed by atoms with E-state index in [1.54, 1.807) is 0 Å². The van der Waals surface area contributed by atoms with Gasteiger partial charge in [-0.15, -0.1) is 0 Å². The molecule has 0 amide bonds. The van der Waals surface area contributed by atoms with Gasteiger partial charge in [-0.2, -0.15) is 0 Å². The minimum absolute atomic E-state index is 0.0418. The molecule has 5 heteroatoms. The largest absolute Gasteiger partial charge is 0.494 e. The van der Waals surface area contributed by atoms with Crippen LogP contribution < -0.4 is 9.47 Å². The van der Waals surface area contributed by atoms with Crippen LogP contribution in [0.3, 0.4) is 0 Å². The van der Waals surface area contributed by atoms with Gasteiger partial charge in [-0.25, -0.2) is 0 Å². The summed E-state index contributed by atoms with van der Waals surface area (Å²) in [5.74, 6) is 1.43. The molecule has 0 radical (unpaired) electrons. The normalized spacial score (nSPS) is 12.2. The zero-order valence-corrected chi connectivity index (χ0v) is 22.8. The summed E-state index contributed by atoms with van der Waals surface area (Å²) in [4.78, 5) is 12.5. The lowest BCUT2D eigenvalue weighted by Crippen LogP contribution is -2.26. The van der Waals surface area contributed by atoms with Crippen LogP contribution in [0.5, 0.6) is 11.5 Å². The van der Waals surface area contributed by atoms with Gasteiger partial charge < -0.3 is 19.3 Å². The predicted molar refractivity (Wildman–Crippen MR) is 146 cm³/mol. The number of carbonyl (C=O) groups excluding carboxylic acids is 1. The molecule has 0 aliphatic carbocycles. The molecule has 2 aromatic carbocycles. The lowest BCUT2D eigenvalue weighted by Gasteiger charge is -2.31. The lowest BCUT2D eigenvalue weighted by atomic mass is 9.73. The van der Waals surface area contributed by atoms with Crippen LogP contribution in [0.1, 0.15) is 96.6 Å². The van der Waals surface area contributed by atoms with Crippen molar-refractivity contribution >= 4 is 5.97 Å². The van der Waals surface area contributed by atoms with Gasteiger partial charge in [-0.1, -0.05) is 77.6 Å². The van der Waals surface area contributed by atoms with E-state index in [4.69, 9.17) is 14.2 Å². The van der Waals surface area contributed by atoms with Gasteiger partial charge in [0.05, 0.1) is 19.3 Å². The van der Waals surface area contributed by atoms with E-state index in [0.717, 1.165) is 48.7 Å². The molecule has 0 aromatic heterocycles. The average Bonchev–Trinajstić information content (AvgIpc) is 2.91. The van der Waals surface area contributed by atoms with Gasteiger partial charge in [0.15, 0.2) is 0 Å². The minimum atomic E-state index is -0.616. The summed E-state index contributed by atoms with van der Waals surface area (Å²) in [6.07, 6.45) is 7.57. The van der Waals surface area contributed by atoms with Crippen molar-refractivity contribution < 1.29 is 24.1 Å². The second kappa shape index (κ2) is 16.3. The Balaban J connectivity index is 2.16. The van der Waals surface area contributed by atoms with E-state index in [1.165, 1.54) is 25.7 Å². The van der Waals surface area contributed by atoms with Crippen molar-refractivity contribution in [3.8, 4) is 11.5 Å². The average molecular weight is 499 g/mol. The highest BCUT2D eigenvalue weighted by Crippen LogP contribution is 2.38. The molecular weight excluding hydrogens is 452 g/mol. The minimum Gasteiger partial charge on any atom is -0.494 e. The van der Waals surface area contributed by atoms with Crippen molar-refractivity contribution in [3.63, 3.8) is 0 Å². The van der Waals surface area contributed by atoms with Gasteiger partial charge >= 0.3 is 5.97 Å². The Morgan fingerprint density at radius 2 is 1.28 bits per heavy atom. The lowest BCUT2D eigenvalue weighted by molar-refractivity contribution is -0.147. The van der Waals surface area contributed by atoms with Crippen LogP contribution in [0.15, 0.2) is 48.5 Å². The number of aliphatic hydroxyl groups is 1. The van der Waals surface area contributed by atoms with Crippen LogP contribution in [0.25, 0.3) is 0 Å². The summed E-state index contributed by atoms with van der Waals surface area (Å²) in [7, 11) is 0. The van der Waals surface area contributed by atoms with Crippen LogP contribution in [0, 0.1) is 0 Å². The van der Waals surface area contributed by atoms with Crippen molar-refractivity contribution in [3.05, 3.63) is 59.7 Å². The number of aliphatic hydroxyl groups excluding tert-OH is 1. The van der Waals surface area contributed by atoms with E-state index >= 15 is 0 Å². The number of hydrogen-bond donors (Lipinski definition) is 1. The quantitative estimate of drug-likeness (QED) is 0.174. The zero-order valence-electron chi connectivity index (χ0n) is 22.8. The molecule has 0 aliphatic heterocycles. The number of carbonyl (C=O) groups is 1. The Morgan fingerprint density at radius 1 is 0.806 bits per heavy atom. The number of hydrogen-bond acceptors (Lipinski definition) is 5. The Hall–Kier alpha value is -2.53. The summed E-state index contributed by atoms with van der Waals surface area (Å²) in [6.45, 7) is 9.88. The fourth-order valence-corrected chi connectivity index (χ4v) is 4.11. The zero-order chi connectivity index (χ0) is 26.2. The second-order valence-corrected chi connectivity index (χ2v) is 9.74. The smallest absolute Gasteiger partial charge is 0.305 e. The third kappa shape index (κ3) is 9.85. The highest BCUT2D eigenvalue weighted by molar-refractivity contribution is 5.69. The van der Waals surface area contributed by atoms with E-state index in [9.17, 15) is 9.90 Å². The van der Waals surface area contributed by atoms with E-state index in [1.807, 2.05) is 31.2 Å². The maximum Gasteiger partial charge on any atom is 0.305 e. The van der Waals surface area contributed by atoms with Crippen LogP contribution in [0.4, 0.5) is 0 Å². The third-order valence-electron chi connectivity index (χ3n) is 6.75. The maximum atomic E-state index is 12.5. The Labute approximate surface area is 218 Å². The topological polar surface area (TPSA) is 65.0 Å². The molecule has 0 bridgehead atoms. The maximum absolute atomic E-state index is 12.5. The summed E-state index contributed by atoms with van der Waals surface area (Å²) in [5, 5.41) is 9.72. The predicted octanol–water partition coefficient (Wildman–Crippen LogP) is 7.22. The molecule has 36 heavy (non-hydrogen) atoms. The first kappa shape index (κ1) is 29.7. The first-order chi connectivity index (χ1) is 17.4. The van der Waals surface area contributed by atoms with Crippen LogP contribution in [-0.2, 0) is 14.9 Å². The van der Waals surface area contributed by atoms with Crippen molar-refractivity contribution in [1.82, 2.24) is 0 Å². The standard InChI is InChI=1S/C31H46O5/c1-5-8-10-22-34-28-16-12-25(13-17-28)31(4,21-20-30(33)36-24-27(32)7-3)26-14-18-29(19-15-26)35-23-11-9-6-2/h12-19,27,32H,5-11,20-24H2,1-4H3. The molecule has 0 spiro atoms. The highest BCUT2D eigenvalue weighted by Gasteiger charge is 2.30. The van der Waals surface area contributed by atoms with Crippen molar-refractivity contribution in [2.75, 3.05) is 19.8 Å². The van der Waals surface area contributed by atoms with Crippen LogP contribution in [0.2, 0.25) is 0 Å². The van der Waals surface area contributed by atoms with Crippen molar-refractivity contribution in [2.45, 2.75) is 97.0 Å². The summed E-state index contributed by atoms with van der Waals surface area (Å²) < 4.78 is 17.1. The molecule has 200 valence electrons. The van der Waals surface area contributed by atoms with Gasteiger partial charge in [-0.05, 0) is 61.1 Å². The molecule has 1 atom stereocenters.